The van der Waals surface area contributed by atoms with Gasteiger partial charge in [0.15, 0.2) is 5.13 Å². The Morgan fingerprint density at radius 3 is 2.92 bits per heavy atom. The van der Waals surface area contributed by atoms with Crippen LogP contribution in [0.5, 0.6) is 0 Å². The molecule has 2 aromatic rings. The van der Waals surface area contributed by atoms with E-state index in [0.717, 1.165) is 31.2 Å². The molecule has 1 fully saturated rings. The van der Waals surface area contributed by atoms with Crippen molar-refractivity contribution in [3.8, 4) is 0 Å². The van der Waals surface area contributed by atoms with Gasteiger partial charge in [-0.05, 0) is 43.5 Å². The molecule has 0 radical (unpaired) electrons. The number of anilines is 2. The number of rotatable bonds is 4. The number of halogens is 3. The summed E-state index contributed by atoms with van der Waals surface area (Å²) in [6.07, 6.45) is 2.54. The number of likely N-dealkylation sites (tertiary alicyclic amines) is 1. The van der Waals surface area contributed by atoms with Crippen molar-refractivity contribution in [2.24, 2.45) is 5.92 Å². The van der Waals surface area contributed by atoms with Crippen molar-refractivity contribution in [2.75, 3.05) is 24.1 Å². The standard InChI is InChI=1S/C17H21ClN4OS.2ClH/c1-11-3-2-6-22(8-11)9-13-10-24-17(20-13)21-16(23)14-5-4-12(19)7-15(14)18;;/h4-5,7,10-11H,2-3,6,8-9,19H2,1H3,(H,20,21,23);2*1H. The molecule has 1 amide bonds. The quantitative estimate of drug-likeness (QED) is 0.680. The molecule has 1 unspecified atom stereocenters. The predicted molar refractivity (Wildman–Crippen MR) is 114 cm³/mol. The Morgan fingerprint density at radius 1 is 1.46 bits per heavy atom. The first-order valence-electron chi connectivity index (χ1n) is 8.04. The minimum absolute atomic E-state index is 0. The topological polar surface area (TPSA) is 71.2 Å². The highest BCUT2D eigenvalue weighted by atomic mass is 35.5. The summed E-state index contributed by atoms with van der Waals surface area (Å²) in [5.41, 5.74) is 7.57. The third kappa shape index (κ3) is 5.99. The van der Waals surface area contributed by atoms with Crippen molar-refractivity contribution in [1.29, 1.82) is 0 Å². The second kappa shape index (κ2) is 10.3. The number of benzene rings is 1. The maximum absolute atomic E-state index is 12.3. The fraction of sp³-hybridized carbons (Fsp3) is 0.412. The lowest BCUT2D eigenvalue weighted by molar-refractivity contribution is 0.102. The average Bonchev–Trinajstić information content (AvgIpc) is 2.94. The van der Waals surface area contributed by atoms with Crippen LogP contribution in [0.1, 0.15) is 35.8 Å². The van der Waals surface area contributed by atoms with Gasteiger partial charge in [0.05, 0.1) is 16.3 Å². The van der Waals surface area contributed by atoms with Crippen molar-refractivity contribution < 1.29 is 4.79 Å². The molecule has 2 heterocycles. The maximum atomic E-state index is 12.3. The minimum Gasteiger partial charge on any atom is -0.399 e. The van der Waals surface area contributed by atoms with Crippen molar-refractivity contribution in [3.05, 3.63) is 39.9 Å². The lowest BCUT2D eigenvalue weighted by Gasteiger charge is -2.30. The monoisotopic (exact) mass is 436 g/mol. The summed E-state index contributed by atoms with van der Waals surface area (Å²) in [6, 6.07) is 4.85. The van der Waals surface area contributed by atoms with Crippen LogP contribution in [0.2, 0.25) is 5.02 Å². The van der Waals surface area contributed by atoms with Gasteiger partial charge < -0.3 is 5.73 Å². The van der Waals surface area contributed by atoms with E-state index in [2.05, 4.69) is 22.1 Å². The molecule has 0 spiro atoms. The molecular weight excluding hydrogens is 415 g/mol. The van der Waals surface area contributed by atoms with Crippen molar-refractivity contribution in [1.82, 2.24) is 9.88 Å². The first-order chi connectivity index (χ1) is 11.5. The average molecular weight is 438 g/mol. The van der Waals surface area contributed by atoms with Crippen LogP contribution in [0, 0.1) is 5.92 Å². The number of aromatic nitrogens is 1. The van der Waals surface area contributed by atoms with Crippen LogP contribution in [0.4, 0.5) is 10.8 Å². The number of nitrogens with zero attached hydrogens (tertiary/aromatic N) is 2. The lowest BCUT2D eigenvalue weighted by Crippen LogP contribution is -2.33. The van der Waals surface area contributed by atoms with Crippen LogP contribution in [0.15, 0.2) is 23.6 Å². The molecule has 1 aromatic carbocycles. The first-order valence-corrected chi connectivity index (χ1v) is 9.30. The lowest BCUT2D eigenvalue weighted by atomic mass is 10.0. The summed E-state index contributed by atoms with van der Waals surface area (Å²) < 4.78 is 0. The largest absolute Gasteiger partial charge is 0.399 e. The van der Waals surface area contributed by atoms with E-state index in [1.165, 1.54) is 24.2 Å². The molecule has 3 rings (SSSR count). The molecule has 0 bridgehead atoms. The molecule has 9 heteroatoms. The number of carbonyl (C=O) groups excluding carboxylic acids is 1. The summed E-state index contributed by atoms with van der Waals surface area (Å²) in [4.78, 5) is 19.2. The van der Waals surface area contributed by atoms with E-state index in [9.17, 15) is 4.79 Å². The number of hydrogen-bond donors (Lipinski definition) is 2. The van der Waals surface area contributed by atoms with Gasteiger partial charge in [-0.2, -0.15) is 0 Å². The number of piperidine rings is 1. The van der Waals surface area contributed by atoms with Gasteiger partial charge in [-0.25, -0.2) is 4.98 Å². The Labute approximate surface area is 175 Å². The Morgan fingerprint density at radius 2 is 2.23 bits per heavy atom. The molecule has 0 saturated carbocycles. The Hall–Kier alpha value is -1.05. The third-order valence-electron chi connectivity index (χ3n) is 4.14. The smallest absolute Gasteiger partial charge is 0.258 e. The van der Waals surface area contributed by atoms with E-state index in [0.29, 0.717) is 21.4 Å². The van der Waals surface area contributed by atoms with Crippen LogP contribution in [0.25, 0.3) is 0 Å². The van der Waals surface area contributed by atoms with Crippen molar-refractivity contribution >= 4 is 64.5 Å². The summed E-state index contributed by atoms with van der Waals surface area (Å²) in [5.74, 6) is 0.469. The molecule has 5 nitrogen and oxygen atoms in total. The molecule has 1 aromatic heterocycles. The molecule has 1 atom stereocenters. The number of hydrogen-bond acceptors (Lipinski definition) is 5. The van der Waals surface area contributed by atoms with E-state index in [4.69, 9.17) is 17.3 Å². The number of carbonyl (C=O) groups is 1. The second-order valence-corrected chi connectivity index (χ2v) is 7.59. The van der Waals surface area contributed by atoms with Crippen LogP contribution in [0.3, 0.4) is 0 Å². The highest BCUT2D eigenvalue weighted by Crippen LogP contribution is 2.23. The zero-order chi connectivity index (χ0) is 17.1. The summed E-state index contributed by atoms with van der Waals surface area (Å²) in [5, 5.41) is 5.74. The van der Waals surface area contributed by atoms with Crippen molar-refractivity contribution in [3.63, 3.8) is 0 Å². The maximum Gasteiger partial charge on any atom is 0.258 e. The zero-order valence-corrected chi connectivity index (χ0v) is 17.6. The van der Waals surface area contributed by atoms with Crippen LogP contribution >= 0.6 is 47.8 Å². The number of nitrogens with two attached hydrogens (primary N) is 1. The van der Waals surface area contributed by atoms with E-state index >= 15 is 0 Å². The fourth-order valence-electron chi connectivity index (χ4n) is 2.98. The first kappa shape index (κ1) is 23.0. The summed E-state index contributed by atoms with van der Waals surface area (Å²) in [6.45, 7) is 5.35. The molecule has 3 N–H and O–H groups in total. The van der Waals surface area contributed by atoms with Gasteiger partial charge in [0.25, 0.3) is 5.91 Å². The predicted octanol–water partition coefficient (Wildman–Crippen LogP) is 4.71. The van der Waals surface area contributed by atoms with Gasteiger partial charge in [-0.1, -0.05) is 18.5 Å². The Kier molecular flexibility index (Phi) is 9.13. The van der Waals surface area contributed by atoms with Crippen LogP contribution in [-0.2, 0) is 6.54 Å². The summed E-state index contributed by atoms with van der Waals surface area (Å²) >= 11 is 7.51. The molecule has 0 aliphatic carbocycles. The van der Waals surface area contributed by atoms with Crippen LogP contribution < -0.4 is 11.1 Å². The Balaban J connectivity index is 0.00000169. The highest BCUT2D eigenvalue weighted by Gasteiger charge is 2.18. The van der Waals surface area contributed by atoms with Gasteiger partial charge in [0.1, 0.15) is 0 Å². The fourth-order valence-corrected chi connectivity index (χ4v) is 3.95. The van der Waals surface area contributed by atoms with Crippen LogP contribution in [-0.4, -0.2) is 28.9 Å². The van der Waals surface area contributed by atoms with E-state index in [1.54, 1.807) is 18.2 Å². The number of nitrogen functional groups attached to an aromatic ring is 1. The van der Waals surface area contributed by atoms with Gasteiger partial charge in [-0.3, -0.25) is 15.0 Å². The number of thiazole rings is 1. The minimum atomic E-state index is -0.271. The molecule has 26 heavy (non-hydrogen) atoms. The molecule has 1 aliphatic heterocycles. The van der Waals surface area contributed by atoms with E-state index < -0.39 is 0 Å². The number of nitrogens with one attached hydrogen (secondary N) is 1. The van der Waals surface area contributed by atoms with E-state index in [1.807, 2.05) is 5.38 Å². The second-order valence-electron chi connectivity index (χ2n) is 6.32. The molecular formula is C17H23Cl3N4OS. The molecule has 1 saturated heterocycles. The van der Waals surface area contributed by atoms with Gasteiger partial charge >= 0.3 is 0 Å². The molecule has 144 valence electrons. The van der Waals surface area contributed by atoms with Gasteiger partial charge in [0, 0.05) is 24.2 Å². The highest BCUT2D eigenvalue weighted by molar-refractivity contribution is 7.14. The molecule has 1 aliphatic rings. The van der Waals surface area contributed by atoms with E-state index in [-0.39, 0.29) is 30.7 Å². The van der Waals surface area contributed by atoms with Gasteiger partial charge in [0.2, 0.25) is 0 Å². The third-order valence-corrected chi connectivity index (χ3v) is 5.26. The van der Waals surface area contributed by atoms with Crippen molar-refractivity contribution in [2.45, 2.75) is 26.3 Å². The zero-order valence-electron chi connectivity index (χ0n) is 14.4. The van der Waals surface area contributed by atoms with Gasteiger partial charge in [-0.15, -0.1) is 36.2 Å². The Bertz CT molecular complexity index is 741. The SMILES string of the molecule is CC1CCCN(Cc2csc(NC(=O)c3ccc(N)cc3Cl)n2)C1.Cl.Cl. The normalized spacial score (nSPS) is 17.1. The number of amides is 1. The summed E-state index contributed by atoms with van der Waals surface area (Å²) in [7, 11) is 0.